The highest BCUT2D eigenvalue weighted by Gasteiger charge is 2.39. The first-order chi connectivity index (χ1) is 10.1. The fraction of sp³-hybridized carbons (Fsp3) is 0.400. The van der Waals surface area contributed by atoms with E-state index in [2.05, 4.69) is 0 Å². The second kappa shape index (κ2) is 5.29. The van der Waals surface area contributed by atoms with Crippen molar-refractivity contribution in [1.29, 1.82) is 0 Å². The zero-order valence-corrected chi connectivity index (χ0v) is 11.6. The fourth-order valence-electron chi connectivity index (χ4n) is 3.12. The number of nitrogens with two attached hydrogens (primary N) is 1. The summed E-state index contributed by atoms with van der Waals surface area (Å²) in [4.78, 5) is 35.2. The van der Waals surface area contributed by atoms with Gasteiger partial charge >= 0.3 is 0 Å². The predicted molar refractivity (Wildman–Crippen MR) is 76.1 cm³/mol. The van der Waals surface area contributed by atoms with Crippen LogP contribution >= 0.6 is 0 Å². The van der Waals surface area contributed by atoms with Crippen LogP contribution in [0.25, 0.3) is 0 Å². The van der Waals surface area contributed by atoms with E-state index in [1.54, 1.807) is 28.2 Å². The van der Waals surface area contributed by atoms with Crippen molar-refractivity contribution < 1.29 is 14.4 Å². The van der Waals surface area contributed by atoms with Crippen molar-refractivity contribution in [3.8, 4) is 0 Å². The molecular formula is C15H17N3O3. The molecule has 2 aliphatic heterocycles. The molecule has 2 heterocycles. The first-order valence-electron chi connectivity index (χ1n) is 7.08. The van der Waals surface area contributed by atoms with E-state index in [-0.39, 0.29) is 5.91 Å². The Bertz CT molecular complexity index is 614. The molecule has 1 unspecified atom stereocenters. The number of hydrogen-bond acceptors (Lipinski definition) is 5. The maximum atomic E-state index is 12.5. The van der Waals surface area contributed by atoms with Crippen molar-refractivity contribution in [2.45, 2.75) is 31.8 Å². The van der Waals surface area contributed by atoms with Gasteiger partial charge in [-0.15, -0.1) is 0 Å². The van der Waals surface area contributed by atoms with Gasteiger partial charge in [-0.2, -0.15) is 0 Å². The molecule has 1 amide bonds. The van der Waals surface area contributed by atoms with Gasteiger partial charge in [0.05, 0.1) is 12.6 Å². The molecule has 1 aromatic carbocycles. The molecule has 1 atom stereocenters. The average Bonchev–Trinajstić information content (AvgIpc) is 2.85. The Morgan fingerprint density at radius 3 is 2.86 bits per heavy atom. The summed E-state index contributed by atoms with van der Waals surface area (Å²) < 4.78 is 0. The monoisotopic (exact) mass is 287 g/mol. The van der Waals surface area contributed by atoms with Crippen molar-refractivity contribution in [2.75, 3.05) is 12.3 Å². The number of amides is 1. The zero-order chi connectivity index (χ0) is 15.0. The van der Waals surface area contributed by atoms with Gasteiger partial charge in [0.2, 0.25) is 5.78 Å². The summed E-state index contributed by atoms with van der Waals surface area (Å²) in [6.07, 6.45) is 2.74. The lowest BCUT2D eigenvalue weighted by atomic mass is 10.0. The molecule has 0 aliphatic carbocycles. The summed E-state index contributed by atoms with van der Waals surface area (Å²) in [5.41, 5.74) is 7.89. The van der Waals surface area contributed by atoms with Gasteiger partial charge in [0.1, 0.15) is 0 Å². The number of rotatable bonds is 3. The summed E-state index contributed by atoms with van der Waals surface area (Å²) in [6, 6.07) is 4.73. The van der Waals surface area contributed by atoms with E-state index in [0.717, 1.165) is 18.4 Å². The number of Topliss-reactive ketones (excluding diaryl/α,β-unsaturated/α-hetero) is 1. The Kier molecular flexibility index (Phi) is 3.47. The van der Waals surface area contributed by atoms with Crippen LogP contribution in [0.3, 0.4) is 0 Å². The highest BCUT2D eigenvalue weighted by molar-refractivity contribution is 6.27. The number of ketones is 1. The van der Waals surface area contributed by atoms with Gasteiger partial charge in [-0.1, -0.05) is 12.5 Å². The third-order valence-corrected chi connectivity index (χ3v) is 4.21. The molecule has 6 nitrogen and oxygen atoms in total. The lowest BCUT2D eigenvalue weighted by Crippen LogP contribution is -2.54. The summed E-state index contributed by atoms with van der Waals surface area (Å²) in [7, 11) is 0. The van der Waals surface area contributed by atoms with Gasteiger partial charge in [-0.3, -0.25) is 19.4 Å². The number of nitrogen functional groups attached to an aromatic ring is 1. The number of hydrogen-bond donors (Lipinski definition) is 1. The zero-order valence-electron chi connectivity index (χ0n) is 11.6. The lowest BCUT2D eigenvalue weighted by Gasteiger charge is -2.39. The first-order valence-corrected chi connectivity index (χ1v) is 7.08. The van der Waals surface area contributed by atoms with E-state index in [1.807, 2.05) is 0 Å². The molecule has 0 aromatic heterocycles. The van der Waals surface area contributed by atoms with Gasteiger partial charge < -0.3 is 5.73 Å². The molecule has 6 heteroatoms. The summed E-state index contributed by atoms with van der Waals surface area (Å²) >= 11 is 0. The summed E-state index contributed by atoms with van der Waals surface area (Å²) in [5.74, 6) is -0.616. The standard InChI is InChI=1S/C15H17N3O3/c16-12-5-3-4-10-11(12)8-18(15(10)21)17-7-2-1-6-13(17)14(20)9-19/h3-5,9,13H,1-2,6-8,16H2. The minimum absolute atomic E-state index is 0.150. The van der Waals surface area contributed by atoms with E-state index >= 15 is 0 Å². The van der Waals surface area contributed by atoms with E-state index < -0.39 is 11.8 Å². The van der Waals surface area contributed by atoms with Crippen molar-refractivity contribution in [2.24, 2.45) is 0 Å². The molecule has 2 N–H and O–H groups in total. The minimum atomic E-state index is -0.532. The van der Waals surface area contributed by atoms with Crippen molar-refractivity contribution in [3.05, 3.63) is 29.3 Å². The molecule has 0 spiro atoms. The van der Waals surface area contributed by atoms with Crippen LogP contribution in [-0.2, 0) is 16.1 Å². The Balaban J connectivity index is 1.91. The molecule has 1 fully saturated rings. The number of fused-ring (bicyclic) bond motifs is 1. The topological polar surface area (TPSA) is 83.7 Å². The first kappa shape index (κ1) is 13.8. The van der Waals surface area contributed by atoms with Gasteiger partial charge in [-0.25, -0.2) is 5.01 Å². The highest BCUT2D eigenvalue weighted by atomic mass is 16.2. The van der Waals surface area contributed by atoms with E-state index in [1.165, 1.54) is 0 Å². The molecule has 21 heavy (non-hydrogen) atoms. The maximum absolute atomic E-state index is 12.5. The molecular weight excluding hydrogens is 270 g/mol. The third-order valence-electron chi connectivity index (χ3n) is 4.21. The number of hydrazine groups is 1. The van der Waals surface area contributed by atoms with Crippen LogP contribution in [0.4, 0.5) is 5.69 Å². The molecule has 0 radical (unpaired) electrons. The molecule has 110 valence electrons. The second-order valence-corrected chi connectivity index (χ2v) is 5.43. The number of piperidine rings is 1. The summed E-state index contributed by atoms with van der Waals surface area (Å²) in [5, 5.41) is 3.30. The molecule has 1 saturated heterocycles. The average molecular weight is 287 g/mol. The van der Waals surface area contributed by atoms with Crippen molar-refractivity contribution in [1.82, 2.24) is 10.0 Å². The molecule has 0 bridgehead atoms. The number of benzene rings is 1. The van der Waals surface area contributed by atoms with Crippen LogP contribution in [0.5, 0.6) is 0 Å². The van der Waals surface area contributed by atoms with E-state index in [0.29, 0.717) is 37.0 Å². The molecule has 2 aliphatic rings. The van der Waals surface area contributed by atoms with Crippen LogP contribution in [0.2, 0.25) is 0 Å². The Hall–Kier alpha value is -2.21. The van der Waals surface area contributed by atoms with Crippen LogP contribution in [-0.4, -0.2) is 40.6 Å². The van der Waals surface area contributed by atoms with Crippen LogP contribution in [0, 0.1) is 0 Å². The molecule has 1 aromatic rings. The fourth-order valence-corrected chi connectivity index (χ4v) is 3.12. The van der Waals surface area contributed by atoms with Gasteiger partial charge in [0.15, 0.2) is 6.29 Å². The number of aldehydes is 1. The van der Waals surface area contributed by atoms with Crippen LogP contribution < -0.4 is 5.73 Å². The Labute approximate surface area is 122 Å². The van der Waals surface area contributed by atoms with Crippen molar-refractivity contribution in [3.63, 3.8) is 0 Å². The number of carbonyl (C=O) groups excluding carboxylic acids is 3. The molecule has 0 saturated carbocycles. The Morgan fingerprint density at radius 1 is 1.33 bits per heavy atom. The number of anilines is 1. The Morgan fingerprint density at radius 2 is 2.14 bits per heavy atom. The van der Waals surface area contributed by atoms with Gasteiger partial charge in [0, 0.05) is 23.4 Å². The quantitative estimate of drug-likeness (QED) is 0.504. The maximum Gasteiger partial charge on any atom is 0.268 e. The minimum Gasteiger partial charge on any atom is -0.398 e. The van der Waals surface area contributed by atoms with Gasteiger partial charge in [0.25, 0.3) is 5.91 Å². The number of carbonyl (C=O) groups is 3. The molecule has 3 rings (SSSR count). The third kappa shape index (κ3) is 2.21. The van der Waals surface area contributed by atoms with E-state index in [4.69, 9.17) is 5.73 Å². The van der Waals surface area contributed by atoms with Crippen molar-refractivity contribution >= 4 is 23.7 Å². The lowest BCUT2D eigenvalue weighted by molar-refractivity contribution is -0.140. The van der Waals surface area contributed by atoms with E-state index in [9.17, 15) is 14.4 Å². The SMILES string of the molecule is Nc1cccc2c1CN(N1CCCCC1C(=O)C=O)C2=O. The smallest absolute Gasteiger partial charge is 0.268 e. The van der Waals surface area contributed by atoms with Crippen LogP contribution in [0.1, 0.15) is 35.2 Å². The highest BCUT2D eigenvalue weighted by Crippen LogP contribution is 2.31. The normalized spacial score (nSPS) is 22.2. The largest absolute Gasteiger partial charge is 0.398 e. The van der Waals surface area contributed by atoms with Gasteiger partial charge in [-0.05, 0) is 25.0 Å². The summed E-state index contributed by atoms with van der Waals surface area (Å²) in [6.45, 7) is 0.966. The second-order valence-electron chi connectivity index (χ2n) is 5.43. The predicted octanol–water partition coefficient (Wildman–Crippen LogP) is 0.762. The number of nitrogens with zero attached hydrogens (tertiary/aromatic N) is 2. The van der Waals surface area contributed by atoms with Crippen LogP contribution in [0.15, 0.2) is 18.2 Å².